The molecule has 0 bridgehead atoms. The highest BCUT2D eigenvalue weighted by Gasteiger charge is 2.09. The van der Waals surface area contributed by atoms with Crippen molar-refractivity contribution in [3.8, 4) is 22.3 Å². The molecule has 174 valence electrons. The second kappa shape index (κ2) is 23.7. The maximum atomic E-state index is 2.28. The van der Waals surface area contributed by atoms with Gasteiger partial charge in [0.15, 0.2) is 0 Å². The summed E-state index contributed by atoms with van der Waals surface area (Å²) in [6.07, 6.45) is 0. The fourth-order valence-electron chi connectivity index (χ4n) is 2.59. The number of hydrogen-bond donors (Lipinski definition) is 0. The molecule has 0 heterocycles. The zero-order chi connectivity index (χ0) is 24.7. The Balaban J connectivity index is -0.000000692. The topological polar surface area (TPSA) is 3.24 Å². The molecule has 0 atom stereocenters. The second-order valence-corrected chi connectivity index (χ2v) is 5.36. The molecule has 0 aliphatic heterocycles. The molecule has 3 rings (SSSR count). The normalized spacial score (nSPS) is 8.00. The Morgan fingerprint density at radius 1 is 0.419 bits per heavy atom. The quantitative estimate of drug-likeness (QED) is 0.405. The van der Waals surface area contributed by atoms with Crippen molar-refractivity contribution in [2.45, 2.75) is 69.2 Å². The fourth-order valence-corrected chi connectivity index (χ4v) is 2.59. The van der Waals surface area contributed by atoms with Gasteiger partial charge in [0.2, 0.25) is 0 Å². The summed E-state index contributed by atoms with van der Waals surface area (Å²) in [6, 6.07) is 27.7. The van der Waals surface area contributed by atoms with Crippen molar-refractivity contribution in [3.63, 3.8) is 0 Å². The summed E-state index contributed by atoms with van der Waals surface area (Å²) in [5.74, 6) is 0. The summed E-state index contributed by atoms with van der Waals surface area (Å²) in [4.78, 5) is 2.16. The van der Waals surface area contributed by atoms with Crippen LogP contribution >= 0.6 is 0 Å². The summed E-state index contributed by atoms with van der Waals surface area (Å²) in [5.41, 5.74) is 6.25. The van der Waals surface area contributed by atoms with E-state index in [1.165, 1.54) is 27.9 Å². The minimum atomic E-state index is 1.24. The maximum absolute atomic E-state index is 2.28. The van der Waals surface area contributed by atoms with Gasteiger partial charge in [-0.1, -0.05) is 136 Å². The van der Waals surface area contributed by atoms with Crippen molar-refractivity contribution in [2.75, 3.05) is 19.0 Å². The standard InChI is InChI=1S/C20H19N.5C2H6/c1-21(2)20-14-13-18(16-9-5-3-6-10-16)15-19(20)17-11-7-4-8-12-17;5*1-2/h3-15H,1-2H3;5*1-2H3. The van der Waals surface area contributed by atoms with E-state index in [0.717, 1.165) is 0 Å². The number of benzene rings is 3. The van der Waals surface area contributed by atoms with E-state index in [1.807, 2.05) is 69.2 Å². The van der Waals surface area contributed by atoms with Gasteiger partial charge >= 0.3 is 0 Å². The molecular weight excluding hydrogens is 374 g/mol. The Labute approximate surface area is 195 Å². The molecular formula is C30H49N. The van der Waals surface area contributed by atoms with Gasteiger partial charge in [0.05, 0.1) is 0 Å². The number of hydrogen-bond acceptors (Lipinski definition) is 1. The summed E-state index contributed by atoms with van der Waals surface area (Å²) in [5, 5.41) is 0. The Morgan fingerprint density at radius 2 is 0.806 bits per heavy atom. The fraction of sp³-hybridized carbons (Fsp3) is 0.400. The molecule has 0 unspecified atom stereocenters. The Kier molecular flexibility index (Phi) is 25.3. The van der Waals surface area contributed by atoms with Gasteiger partial charge in [-0.15, -0.1) is 0 Å². The van der Waals surface area contributed by atoms with Crippen molar-refractivity contribution in [3.05, 3.63) is 78.9 Å². The van der Waals surface area contributed by atoms with E-state index in [2.05, 4.69) is 97.9 Å². The van der Waals surface area contributed by atoms with Crippen LogP contribution in [0, 0.1) is 0 Å². The summed E-state index contributed by atoms with van der Waals surface area (Å²) in [6.45, 7) is 20.0. The van der Waals surface area contributed by atoms with Gasteiger partial charge in [-0.3, -0.25) is 0 Å². The molecule has 31 heavy (non-hydrogen) atoms. The molecule has 1 heteroatoms. The highest BCUT2D eigenvalue weighted by atomic mass is 15.1. The molecule has 0 spiro atoms. The van der Waals surface area contributed by atoms with Crippen LogP contribution in [0.25, 0.3) is 22.3 Å². The summed E-state index contributed by atoms with van der Waals surface area (Å²) in [7, 11) is 4.17. The highest BCUT2D eigenvalue weighted by molar-refractivity contribution is 5.83. The lowest BCUT2D eigenvalue weighted by Gasteiger charge is -2.19. The lowest BCUT2D eigenvalue weighted by atomic mass is 9.97. The largest absolute Gasteiger partial charge is 0.377 e. The van der Waals surface area contributed by atoms with Crippen LogP contribution in [0.3, 0.4) is 0 Å². The average molecular weight is 424 g/mol. The van der Waals surface area contributed by atoms with Crippen LogP contribution in [-0.4, -0.2) is 14.1 Å². The predicted molar refractivity (Wildman–Crippen MR) is 148 cm³/mol. The molecule has 0 aliphatic carbocycles. The minimum absolute atomic E-state index is 1.24. The van der Waals surface area contributed by atoms with Gasteiger partial charge < -0.3 is 4.90 Å². The zero-order valence-electron chi connectivity index (χ0n) is 22.5. The Bertz CT molecular complexity index is 716. The van der Waals surface area contributed by atoms with E-state index in [0.29, 0.717) is 0 Å². The van der Waals surface area contributed by atoms with Crippen LogP contribution in [0.5, 0.6) is 0 Å². The van der Waals surface area contributed by atoms with Crippen LogP contribution in [-0.2, 0) is 0 Å². The van der Waals surface area contributed by atoms with Crippen molar-refractivity contribution in [2.24, 2.45) is 0 Å². The van der Waals surface area contributed by atoms with Crippen LogP contribution in [0.15, 0.2) is 78.9 Å². The third-order valence-electron chi connectivity index (χ3n) is 3.67. The van der Waals surface area contributed by atoms with Gasteiger partial charge in [-0.05, 0) is 28.8 Å². The molecule has 0 saturated carbocycles. The van der Waals surface area contributed by atoms with Crippen molar-refractivity contribution >= 4 is 5.69 Å². The van der Waals surface area contributed by atoms with E-state index in [4.69, 9.17) is 0 Å². The second-order valence-electron chi connectivity index (χ2n) is 5.36. The molecule has 0 radical (unpaired) electrons. The molecule has 3 aromatic rings. The van der Waals surface area contributed by atoms with E-state index in [1.54, 1.807) is 0 Å². The first kappa shape index (κ1) is 33.1. The molecule has 0 aliphatic rings. The van der Waals surface area contributed by atoms with Crippen molar-refractivity contribution < 1.29 is 0 Å². The Hall–Kier alpha value is -2.54. The summed E-state index contributed by atoms with van der Waals surface area (Å²) < 4.78 is 0. The third-order valence-corrected chi connectivity index (χ3v) is 3.67. The van der Waals surface area contributed by atoms with E-state index in [-0.39, 0.29) is 0 Å². The SMILES string of the molecule is CC.CC.CC.CC.CC.CN(C)c1ccc(-c2ccccc2)cc1-c1ccccc1. The number of rotatable bonds is 3. The number of nitrogens with zero attached hydrogens (tertiary/aromatic N) is 1. The predicted octanol–water partition coefficient (Wildman–Crippen LogP) is 10.2. The first-order chi connectivity index (χ1) is 15.3. The molecule has 0 saturated heterocycles. The van der Waals surface area contributed by atoms with Gasteiger partial charge in [0, 0.05) is 25.3 Å². The highest BCUT2D eigenvalue weighted by Crippen LogP contribution is 2.34. The molecule has 0 N–H and O–H groups in total. The van der Waals surface area contributed by atoms with Crippen LogP contribution in [0.2, 0.25) is 0 Å². The third kappa shape index (κ3) is 12.0. The van der Waals surface area contributed by atoms with Crippen LogP contribution in [0.1, 0.15) is 69.2 Å². The van der Waals surface area contributed by atoms with Gasteiger partial charge in [0.1, 0.15) is 0 Å². The lowest BCUT2D eigenvalue weighted by molar-refractivity contribution is 1.13. The Morgan fingerprint density at radius 3 is 1.19 bits per heavy atom. The monoisotopic (exact) mass is 423 g/mol. The van der Waals surface area contributed by atoms with Gasteiger partial charge in [-0.2, -0.15) is 0 Å². The van der Waals surface area contributed by atoms with E-state index in [9.17, 15) is 0 Å². The minimum Gasteiger partial charge on any atom is -0.377 e. The first-order valence-corrected chi connectivity index (χ1v) is 12.2. The molecule has 0 fully saturated rings. The van der Waals surface area contributed by atoms with Crippen molar-refractivity contribution in [1.82, 2.24) is 0 Å². The maximum Gasteiger partial charge on any atom is 0.0441 e. The van der Waals surface area contributed by atoms with Crippen molar-refractivity contribution in [1.29, 1.82) is 0 Å². The van der Waals surface area contributed by atoms with Gasteiger partial charge in [-0.25, -0.2) is 0 Å². The lowest BCUT2D eigenvalue weighted by Crippen LogP contribution is -2.10. The molecule has 0 aromatic heterocycles. The summed E-state index contributed by atoms with van der Waals surface area (Å²) >= 11 is 0. The number of anilines is 1. The molecule has 1 nitrogen and oxygen atoms in total. The first-order valence-electron chi connectivity index (χ1n) is 12.2. The van der Waals surface area contributed by atoms with Gasteiger partial charge in [0.25, 0.3) is 0 Å². The zero-order valence-corrected chi connectivity index (χ0v) is 22.5. The van der Waals surface area contributed by atoms with Crippen LogP contribution < -0.4 is 4.90 Å². The average Bonchev–Trinajstić information content (AvgIpc) is 2.90. The van der Waals surface area contributed by atoms with Crippen LogP contribution in [0.4, 0.5) is 5.69 Å². The molecule has 0 amide bonds. The van der Waals surface area contributed by atoms with E-state index >= 15 is 0 Å². The smallest absolute Gasteiger partial charge is 0.0441 e. The molecule has 3 aromatic carbocycles. The van der Waals surface area contributed by atoms with E-state index < -0.39 is 0 Å².